The molecule has 0 bridgehead atoms. The molecule has 157 valence electrons. The average Bonchev–Trinajstić information content (AvgIpc) is 3.32. The monoisotopic (exact) mass is 411 g/mol. The Balaban J connectivity index is 1.32. The molecule has 2 aliphatic rings. The van der Waals surface area contributed by atoms with Crippen molar-refractivity contribution in [3.8, 4) is 16.9 Å². The van der Waals surface area contributed by atoms with E-state index in [1.807, 2.05) is 36.4 Å². The maximum absolute atomic E-state index is 11.7. The van der Waals surface area contributed by atoms with Crippen molar-refractivity contribution in [2.75, 3.05) is 6.61 Å². The molecule has 1 saturated carbocycles. The summed E-state index contributed by atoms with van der Waals surface area (Å²) in [6.07, 6.45) is 6.28. The molecule has 1 N–H and O–H groups in total. The Labute approximate surface area is 183 Å². The second-order valence-corrected chi connectivity index (χ2v) is 8.93. The Morgan fingerprint density at radius 1 is 0.935 bits per heavy atom. The van der Waals surface area contributed by atoms with Crippen LogP contribution in [0.4, 0.5) is 0 Å². The molecule has 1 fully saturated rings. The molecule has 2 unspecified atom stereocenters. The predicted octanol–water partition coefficient (Wildman–Crippen LogP) is 5.56. The van der Waals surface area contributed by atoms with Crippen LogP contribution in [0.5, 0.6) is 5.75 Å². The Kier molecular flexibility index (Phi) is 5.37. The van der Waals surface area contributed by atoms with E-state index in [9.17, 15) is 9.90 Å². The first-order chi connectivity index (χ1) is 15.2. The highest BCUT2D eigenvalue weighted by molar-refractivity contribution is 5.70. The van der Waals surface area contributed by atoms with E-state index < -0.39 is 11.5 Å². The van der Waals surface area contributed by atoms with Crippen molar-refractivity contribution >= 4 is 6.29 Å². The van der Waals surface area contributed by atoms with Gasteiger partial charge in [-0.1, -0.05) is 79.6 Å². The van der Waals surface area contributed by atoms with Gasteiger partial charge in [-0.3, -0.25) is 4.79 Å². The molecule has 3 heteroatoms. The van der Waals surface area contributed by atoms with Crippen molar-refractivity contribution in [1.29, 1.82) is 0 Å². The minimum Gasteiger partial charge on any atom is -0.493 e. The molecule has 1 aliphatic carbocycles. The highest BCUT2D eigenvalue weighted by Gasteiger charge is 2.38. The number of ether oxygens (including phenoxy) is 1. The van der Waals surface area contributed by atoms with E-state index in [4.69, 9.17) is 4.74 Å². The van der Waals surface area contributed by atoms with Gasteiger partial charge in [0.1, 0.15) is 5.75 Å². The van der Waals surface area contributed by atoms with E-state index in [0.29, 0.717) is 12.4 Å². The maximum Gasteiger partial charge on any atom is 0.209 e. The lowest BCUT2D eigenvalue weighted by Crippen LogP contribution is -2.29. The van der Waals surface area contributed by atoms with Crippen LogP contribution in [0.15, 0.2) is 72.8 Å². The zero-order valence-corrected chi connectivity index (χ0v) is 17.6. The second-order valence-electron chi connectivity index (χ2n) is 8.93. The SMILES string of the molecule is O=[C]C1(c2ccc3c(c2)OCC(Cc2ccc(-c4ccccc4)cc2)C3O)CCCC1. The molecule has 0 saturated heterocycles. The van der Waals surface area contributed by atoms with Crippen LogP contribution in [0.2, 0.25) is 0 Å². The fourth-order valence-corrected chi connectivity index (χ4v) is 5.11. The molecule has 3 aromatic rings. The second kappa shape index (κ2) is 8.32. The highest BCUT2D eigenvalue weighted by Crippen LogP contribution is 2.44. The Hall–Kier alpha value is -2.91. The number of fused-ring (bicyclic) bond motifs is 1. The van der Waals surface area contributed by atoms with E-state index in [1.165, 1.54) is 16.7 Å². The quantitative estimate of drug-likeness (QED) is 0.598. The Bertz CT molecular complexity index is 1050. The van der Waals surface area contributed by atoms with Gasteiger partial charge in [0.15, 0.2) is 0 Å². The molecular formula is C28H27O3. The minimum absolute atomic E-state index is 0.000926. The molecule has 0 aromatic heterocycles. The van der Waals surface area contributed by atoms with Crippen LogP contribution in [-0.2, 0) is 16.6 Å². The molecule has 31 heavy (non-hydrogen) atoms. The summed E-state index contributed by atoms with van der Waals surface area (Å²) in [5.74, 6) is 0.709. The zero-order chi connectivity index (χ0) is 21.3. The maximum atomic E-state index is 11.7. The van der Waals surface area contributed by atoms with E-state index in [2.05, 4.69) is 42.7 Å². The predicted molar refractivity (Wildman–Crippen MR) is 122 cm³/mol. The van der Waals surface area contributed by atoms with Gasteiger partial charge in [0.2, 0.25) is 6.29 Å². The third kappa shape index (κ3) is 3.79. The zero-order valence-electron chi connectivity index (χ0n) is 17.6. The van der Waals surface area contributed by atoms with Gasteiger partial charge < -0.3 is 9.84 Å². The normalized spacial score (nSPS) is 21.8. The van der Waals surface area contributed by atoms with Gasteiger partial charge in [-0.15, -0.1) is 0 Å². The summed E-state index contributed by atoms with van der Waals surface area (Å²) < 4.78 is 6.07. The summed E-state index contributed by atoms with van der Waals surface area (Å²) in [6, 6.07) is 24.8. The number of hydrogen-bond donors (Lipinski definition) is 1. The number of aliphatic hydroxyl groups excluding tert-OH is 1. The van der Waals surface area contributed by atoms with Crippen molar-refractivity contribution < 1.29 is 14.6 Å². The smallest absolute Gasteiger partial charge is 0.209 e. The van der Waals surface area contributed by atoms with Crippen molar-refractivity contribution in [1.82, 2.24) is 0 Å². The molecule has 1 aliphatic heterocycles. The van der Waals surface area contributed by atoms with Crippen LogP contribution in [-0.4, -0.2) is 18.0 Å². The van der Waals surface area contributed by atoms with Crippen LogP contribution >= 0.6 is 0 Å². The van der Waals surface area contributed by atoms with E-state index in [-0.39, 0.29) is 5.92 Å². The minimum atomic E-state index is -0.577. The lowest BCUT2D eigenvalue weighted by molar-refractivity contribution is 0.0507. The van der Waals surface area contributed by atoms with Crippen molar-refractivity contribution in [3.05, 3.63) is 89.5 Å². The van der Waals surface area contributed by atoms with Crippen LogP contribution in [0.3, 0.4) is 0 Å². The van der Waals surface area contributed by atoms with Crippen molar-refractivity contribution in [2.24, 2.45) is 5.92 Å². The fraction of sp³-hybridized carbons (Fsp3) is 0.321. The van der Waals surface area contributed by atoms with Crippen LogP contribution in [0, 0.1) is 5.92 Å². The molecule has 3 nitrogen and oxygen atoms in total. The number of hydrogen-bond acceptors (Lipinski definition) is 3. The largest absolute Gasteiger partial charge is 0.493 e. The van der Waals surface area contributed by atoms with Gasteiger partial charge >= 0.3 is 0 Å². The standard InChI is InChI=1S/C28H27O3/c29-19-28(14-4-5-15-28)24-12-13-25-26(17-24)31-18-23(27(25)30)16-20-8-10-22(11-9-20)21-6-2-1-3-7-21/h1-3,6-13,17,23,27,30H,4-5,14-16,18H2. The first kappa shape index (κ1) is 20.0. The van der Waals surface area contributed by atoms with Gasteiger partial charge in [-0.2, -0.15) is 0 Å². The first-order valence-corrected chi connectivity index (χ1v) is 11.2. The third-order valence-electron chi connectivity index (χ3n) is 7.00. The third-order valence-corrected chi connectivity index (χ3v) is 7.00. The summed E-state index contributed by atoms with van der Waals surface area (Å²) >= 11 is 0. The van der Waals surface area contributed by atoms with Crippen molar-refractivity contribution in [3.63, 3.8) is 0 Å². The van der Waals surface area contributed by atoms with Crippen molar-refractivity contribution in [2.45, 2.75) is 43.6 Å². The Morgan fingerprint density at radius 3 is 2.35 bits per heavy atom. The Morgan fingerprint density at radius 2 is 1.65 bits per heavy atom. The van der Waals surface area contributed by atoms with Crippen LogP contribution < -0.4 is 4.74 Å². The molecule has 5 rings (SSSR count). The number of benzene rings is 3. The van der Waals surface area contributed by atoms with Gasteiger partial charge in [0.25, 0.3) is 0 Å². The topological polar surface area (TPSA) is 46.5 Å². The molecule has 3 aromatic carbocycles. The molecule has 1 heterocycles. The average molecular weight is 412 g/mol. The molecule has 1 radical (unpaired) electrons. The summed E-state index contributed by atoms with van der Waals surface area (Å²) in [5.41, 5.74) is 4.87. The highest BCUT2D eigenvalue weighted by atomic mass is 16.5. The number of rotatable bonds is 5. The van der Waals surface area contributed by atoms with Gasteiger partial charge in [0, 0.05) is 11.5 Å². The molecule has 2 atom stereocenters. The molecule has 0 spiro atoms. The lowest BCUT2D eigenvalue weighted by Gasteiger charge is -2.32. The van der Waals surface area contributed by atoms with Crippen LogP contribution in [0.25, 0.3) is 11.1 Å². The van der Waals surface area contributed by atoms with E-state index >= 15 is 0 Å². The lowest BCUT2D eigenvalue weighted by atomic mass is 9.79. The fourth-order valence-electron chi connectivity index (χ4n) is 5.11. The summed E-state index contributed by atoms with van der Waals surface area (Å²) in [4.78, 5) is 11.7. The number of aliphatic hydroxyl groups is 1. The van der Waals surface area contributed by atoms with E-state index in [1.54, 1.807) is 0 Å². The summed E-state index contributed by atoms with van der Waals surface area (Å²) in [5, 5.41) is 11.0. The molecular weight excluding hydrogens is 384 g/mol. The van der Waals surface area contributed by atoms with Crippen LogP contribution in [0.1, 0.15) is 48.5 Å². The van der Waals surface area contributed by atoms with E-state index in [0.717, 1.165) is 43.2 Å². The van der Waals surface area contributed by atoms with Gasteiger partial charge in [0.05, 0.1) is 18.1 Å². The summed E-state index contributed by atoms with van der Waals surface area (Å²) in [7, 11) is 0. The number of carbonyl (C=O) groups excluding carboxylic acids is 1. The molecule has 0 amide bonds. The van der Waals surface area contributed by atoms with Gasteiger partial charge in [-0.05, 0) is 47.6 Å². The van der Waals surface area contributed by atoms with Gasteiger partial charge in [-0.25, -0.2) is 0 Å². The summed E-state index contributed by atoms with van der Waals surface area (Å²) in [6.45, 7) is 0.468. The first-order valence-electron chi connectivity index (χ1n) is 11.2.